The summed E-state index contributed by atoms with van der Waals surface area (Å²) in [5.41, 5.74) is 1.11. The predicted octanol–water partition coefficient (Wildman–Crippen LogP) is 1.22. The van der Waals surface area contributed by atoms with Gasteiger partial charge >= 0.3 is 0 Å². The Hall–Kier alpha value is -1.56. The lowest BCUT2D eigenvalue weighted by molar-refractivity contribution is 0.466. The van der Waals surface area contributed by atoms with Crippen molar-refractivity contribution in [1.29, 1.82) is 5.26 Å². The molecule has 1 N–H and O–H groups in total. The number of aryl methyl sites for hydroxylation is 1. The van der Waals surface area contributed by atoms with Gasteiger partial charge in [-0.2, -0.15) is 5.26 Å². The normalized spacial score (nSPS) is 9.09. The molecule has 1 aromatic rings. The van der Waals surface area contributed by atoms with Gasteiger partial charge in [0.25, 0.3) is 0 Å². The van der Waals surface area contributed by atoms with E-state index in [4.69, 9.17) is 10.4 Å². The summed E-state index contributed by atoms with van der Waals surface area (Å²) in [5, 5.41) is 17.6. The molecule has 11 heavy (non-hydrogen) atoms. The first-order valence-corrected chi connectivity index (χ1v) is 3.36. The van der Waals surface area contributed by atoms with Crippen molar-refractivity contribution in [3.8, 4) is 11.8 Å². The van der Waals surface area contributed by atoms with Crippen molar-refractivity contribution < 1.29 is 5.11 Å². The maximum Gasteiger partial charge on any atom is 0.141 e. The van der Waals surface area contributed by atoms with E-state index in [1.54, 1.807) is 6.07 Å². The van der Waals surface area contributed by atoms with Gasteiger partial charge in [-0.25, -0.2) is 4.98 Å². The SMILES string of the molecule is CCc1cc(C#N)ncc1O. The maximum absolute atomic E-state index is 9.16. The van der Waals surface area contributed by atoms with Crippen LogP contribution in [0.5, 0.6) is 5.75 Å². The number of aromatic hydroxyl groups is 1. The minimum Gasteiger partial charge on any atom is -0.506 e. The van der Waals surface area contributed by atoms with Crippen LogP contribution in [0.2, 0.25) is 0 Å². The Labute approximate surface area is 64.9 Å². The lowest BCUT2D eigenvalue weighted by atomic mass is 10.2. The summed E-state index contributed by atoms with van der Waals surface area (Å²) in [4.78, 5) is 3.69. The van der Waals surface area contributed by atoms with Gasteiger partial charge in [0.15, 0.2) is 0 Å². The zero-order valence-electron chi connectivity index (χ0n) is 6.20. The zero-order valence-corrected chi connectivity index (χ0v) is 6.20. The Morgan fingerprint density at radius 2 is 2.45 bits per heavy atom. The van der Waals surface area contributed by atoms with Crippen molar-refractivity contribution >= 4 is 0 Å². The van der Waals surface area contributed by atoms with Gasteiger partial charge in [-0.3, -0.25) is 0 Å². The Kier molecular flexibility index (Phi) is 2.07. The molecule has 0 saturated heterocycles. The smallest absolute Gasteiger partial charge is 0.141 e. The van der Waals surface area contributed by atoms with Gasteiger partial charge in [0.2, 0.25) is 0 Å². The van der Waals surface area contributed by atoms with Gasteiger partial charge in [0.1, 0.15) is 17.5 Å². The monoisotopic (exact) mass is 148 g/mol. The zero-order chi connectivity index (χ0) is 8.27. The highest BCUT2D eigenvalue weighted by atomic mass is 16.3. The Morgan fingerprint density at radius 1 is 1.73 bits per heavy atom. The first kappa shape index (κ1) is 7.55. The van der Waals surface area contributed by atoms with E-state index >= 15 is 0 Å². The number of hydrogen-bond donors (Lipinski definition) is 1. The topological polar surface area (TPSA) is 56.9 Å². The molecule has 0 amide bonds. The Balaban J connectivity index is 3.15. The molecule has 0 aliphatic rings. The number of nitriles is 1. The molecule has 0 unspecified atom stereocenters. The van der Waals surface area contributed by atoms with Crippen LogP contribution in [0.25, 0.3) is 0 Å². The highest BCUT2D eigenvalue weighted by molar-refractivity contribution is 5.35. The van der Waals surface area contributed by atoms with Gasteiger partial charge in [0.05, 0.1) is 6.20 Å². The molecule has 0 aliphatic carbocycles. The second kappa shape index (κ2) is 3.02. The van der Waals surface area contributed by atoms with Gasteiger partial charge < -0.3 is 5.11 Å². The first-order valence-electron chi connectivity index (χ1n) is 3.36. The van der Waals surface area contributed by atoms with Crippen molar-refractivity contribution in [2.75, 3.05) is 0 Å². The molecule has 1 aromatic heterocycles. The summed E-state index contributed by atoms with van der Waals surface area (Å²) in [7, 11) is 0. The minimum absolute atomic E-state index is 0.159. The number of rotatable bonds is 1. The fraction of sp³-hybridized carbons (Fsp3) is 0.250. The summed E-state index contributed by atoms with van der Waals surface area (Å²) in [6.45, 7) is 1.91. The van der Waals surface area contributed by atoms with Crippen LogP contribution in [0.15, 0.2) is 12.3 Å². The quantitative estimate of drug-likeness (QED) is 0.651. The third kappa shape index (κ3) is 1.47. The van der Waals surface area contributed by atoms with Crippen LogP contribution in [-0.2, 0) is 6.42 Å². The molecule has 0 aliphatic heterocycles. The van der Waals surface area contributed by atoms with Crippen LogP contribution in [0, 0.1) is 11.3 Å². The fourth-order valence-electron chi connectivity index (χ4n) is 0.834. The number of nitrogens with zero attached hydrogens (tertiary/aromatic N) is 2. The second-order valence-corrected chi connectivity index (χ2v) is 2.16. The molecular weight excluding hydrogens is 140 g/mol. The Bertz CT molecular complexity index is 301. The van der Waals surface area contributed by atoms with E-state index in [1.807, 2.05) is 13.0 Å². The van der Waals surface area contributed by atoms with E-state index in [9.17, 15) is 0 Å². The fourth-order valence-corrected chi connectivity index (χ4v) is 0.834. The predicted molar refractivity (Wildman–Crippen MR) is 40.0 cm³/mol. The molecule has 0 aromatic carbocycles. The van der Waals surface area contributed by atoms with Crippen molar-refractivity contribution in [1.82, 2.24) is 4.98 Å². The standard InChI is InChI=1S/C8H8N2O/c1-2-6-3-7(4-9)10-5-8(6)11/h3,5,11H,2H2,1H3. The molecule has 0 saturated carbocycles. The van der Waals surface area contributed by atoms with E-state index in [2.05, 4.69) is 4.98 Å². The third-order valence-electron chi connectivity index (χ3n) is 1.46. The van der Waals surface area contributed by atoms with E-state index in [1.165, 1.54) is 6.20 Å². The average molecular weight is 148 g/mol. The molecule has 1 heterocycles. The van der Waals surface area contributed by atoms with Crippen molar-refractivity contribution in [3.05, 3.63) is 23.5 Å². The highest BCUT2D eigenvalue weighted by Crippen LogP contribution is 2.15. The van der Waals surface area contributed by atoms with Gasteiger partial charge in [0, 0.05) is 0 Å². The van der Waals surface area contributed by atoms with Crippen molar-refractivity contribution in [2.24, 2.45) is 0 Å². The van der Waals surface area contributed by atoms with E-state index in [0.29, 0.717) is 12.1 Å². The number of aromatic nitrogens is 1. The molecule has 0 bridgehead atoms. The van der Waals surface area contributed by atoms with E-state index < -0.39 is 0 Å². The summed E-state index contributed by atoms with van der Waals surface area (Å²) < 4.78 is 0. The molecule has 0 fully saturated rings. The summed E-state index contributed by atoms with van der Waals surface area (Å²) in [6.07, 6.45) is 2.01. The van der Waals surface area contributed by atoms with E-state index in [-0.39, 0.29) is 5.75 Å². The van der Waals surface area contributed by atoms with Crippen molar-refractivity contribution in [2.45, 2.75) is 13.3 Å². The molecule has 3 nitrogen and oxygen atoms in total. The molecule has 0 radical (unpaired) electrons. The molecular formula is C8H8N2O. The lowest BCUT2D eigenvalue weighted by Crippen LogP contribution is -1.87. The second-order valence-electron chi connectivity index (χ2n) is 2.16. The van der Waals surface area contributed by atoms with Crippen LogP contribution in [0.4, 0.5) is 0 Å². The molecule has 0 spiro atoms. The summed E-state index contributed by atoms with van der Waals surface area (Å²) >= 11 is 0. The summed E-state index contributed by atoms with van der Waals surface area (Å²) in [5.74, 6) is 0.159. The minimum atomic E-state index is 0.159. The van der Waals surface area contributed by atoms with Gasteiger partial charge in [-0.1, -0.05) is 6.92 Å². The number of hydrogen-bond acceptors (Lipinski definition) is 3. The average Bonchev–Trinajstić information content (AvgIpc) is 2.05. The van der Waals surface area contributed by atoms with Crippen LogP contribution < -0.4 is 0 Å². The number of pyridine rings is 1. The summed E-state index contributed by atoms with van der Waals surface area (Å²) in [6, 6.07) is 3.50. The van der Waals surface area contributed by atoms with Crippen LogP contribution >= 0.6 is 0 Å². The molecule has 56 valence electrons. The molecule has 0 atom stereocenters. The van der Waals surface area contributed by atoms with Crippen LogP contribution in [-0.4, -0.2) is 10.1 Å². The lowest BCUT2D eigenvalue weighted by Gasteiger charge is -1.98. The molecule has 1 rings (SSSR count). The van der Waals surface area contributed by atoms with Crippen molar-refractivity contribution in [3.63, 3.8) is 0 Å². The largest absolute Gasteiger partial charge is 0.506 e. The third-order valence-corrected chi connectivity index (χ3v) is 1.46. The highest BCUT2D eigenvalue weighted by Gasteiger charge is 2.00. The van der Waals surface area contributed by atoms with Crippen LogP contribution in [0.1, 0.15) is 18.2 Å². The van der Waals surface area contributed by atoms with E-state index in [0.717, 1.165) is 5.56 Å². The molecule has 3 heteroatoms. The van der Waals surface area contributed by atoms with Crippen LogP contribution in [0.3, 0.4) is 0 Å². The van der Waals surface area contributed by atoms with Gasteiger partial charge in [-0.15, -0.1) is 0 Å². The van der Waals surface area contributed by atoms with Gasteiger partial charge in [-0.05, 0) is 18.1 Å². The Morgan fingerprint density at radius 3 is 3.00 bits per heavy atom. The first-order chi connectivity index (χ1) is 5.27. The maximum atomic E-state index is 9.16.